The van der Waals surface area contributed by atoms with E-state index in [1.165, 1.54) is 0 Å². The molecule has 0 aliphatic rings. The van der Waals surface area contributed by atoms with Crippen LogP contribution in [0.4, 0.5) is 4.79 Å². The lowest BCUT2D eigenvalue weighted by molar-refractivity contribution is -0.156. The minimum absolute atomic E-state index is 0.113. The number of carbonyl (C=O) groups excluding carboxylic acids is 3. The Kier molecular flexibility index (Phi) is 10.6. The number of rotatable bonds is 12. The van der Waals surface area contributed by atoms with Gasteiger partial charge in [0.2, 0.25) is 0 Å². The molecule has 184 valence electrons. The van der Waals surface area contributed by atoms with Gasteiger partial charge in [-0.05, 0) is 43.7 Å². The van der Waals surface area contributed by atoms with Crippen LogP contribution in [0.2, 0.25) is 0 Å². The van der Waals surface area contributed by atoms with Crippen LogP contribution in [0.5, 0.6) is 0 Å². The van der Waals surface area contributed by atoms with Crippen molar-refractivity contribution < 1.29 is 28.6 Å². The van der Waals surface area contributed by atoms with Crippen LogP contribution in [0, 0.1) is 11.3 Å². The van der Waals surface area contributed by atoms with Crippen LogP contribution >= 0.6 is 0 Å². The van der Waals surface area contributed by atoms with Gasteiger partial charge in [0.05, 0.1) is 12.0 Å². The molecule has 0 heterocycles. The van der Waals surface area contributed by atoms with Crippen molar-refractivity contribution in [3.8, 4) is 0 Å². The topological polar surface area (TPSA) is 90.9 Å². The van der Waals surface area contributed by atoms with E-state index in [-0.39, 0.29) is 31.7 Å². The Balaban J connectivity index is 1.73. The zero-order chi connectivity index (χ0) is 25.0. The molecule has 1 N–H and O–H groups in total. The van der Waals surface area contributed by atoms with Gasteiger partial charge < -0.3 is 19.5 Å². The molecule has 0 aliphatic carbocycles. The summed E-state index contributed by atoms with van der Waals surface area (Å²) in [7, 11) is 0. The summed E-state index contributed by atoms with van der Waals surface area (Å²) in [5.74, 6) is -1.01. The predicted molar refractivity (Wildman–Crippen MR) is 129 cm³/mol. The number of benzene rings is 2. The zero-order valence-corrected chi connectivity index (χ0v) is 20.4. The summed E-state index contributed by atoms with van der Waals surface area (Å²) in [4.78, 5) is 37.1. The summed E-state index contributed by atoms with van der Waals surface area (Å²) in [5.41, 5.74) is 1.07. The van der Waals surface area contributed by atoms with Gasteiger partial charge in [0, 0.05) is 0 Å². The number of alkyl carbamates (subject to hydrolysis) is 1. The van der Waals surface area contributed by atoms with Crippen LogP contribution in [0.1, 0.15) is 51.7 Å². The average molecular weight is 470 g/mol. The van der Waals surface area contributed by atoms with Crippen molar-refractivity contribution in [2.75, 3.05) is 6.61 Å². The summed E-state index contributed by atoms with van der Waals surface area (Å²) in [5, 5.41) is 2.58. The number of carbonyl (C=O) groups is 3. The van der Waals surface area contributed by atoms with Crippen LogP contribution in [-0.2, 0) is 37.0 Å². The molecule has 1 amide bonds. The minimum atomic E-state index is -0.827. The molecule has 2 aromatic carbocycles. The second kappa shape index (κ2) is 13.4. The molecule has 0 fully saturated rings. The van der Waals surface area contributed by atoms with Crippen molar-refractivity contribution in [2.45, 2.75) is 59.8 Å². The third-order valence-corrected chi connectivity index (χ3v) is 5.36. The van der Waals surface area contributed by atoms with E-state index in [2.05, 4.69) is 5.32 Å². The van der Waals surface area contributed by atoms with E-state index in [1.807, 2.05) is 88.4 Å². The van der Waals surface area contributed by atoms with Crippen molar-refractivity contribution >= 4 is 18.0 Å². The van der Waals surface area contributed by atoms with E-state index in [0.717, 1.165) is 11.1 Å². The fourth-order valence-corrected chi connectivity index (χ4v) is 3.19. The minimum Gasteiger partial charge on any atom is -0.464 e. The number of amides is 1. The van der Waals surface area contributed by atoms with Gasteiger partial charge in [-0.25, -0.2) is 9.59 Å². The summed E-state index contributed by atoms with van der Waals surface area (Å²) in [6.07, 6.45) is 0.302. The third kappa shape index (κ3) is 9.25. The molecule has 0 saturated heterocycles. The van der Waals surface area contributed by atoms with Gasteiger partial charge in [0.25, 0.3) is 0 Å². The summed E-state index contributed by atoms with van der Waals surface area (Å²) in [6.45, 7) is 7.72. The Morgan fingerprint density at radius 2 is 1.35 bits per heavy atom. The summed E-state index contributed by atoms with van der Waals surface area (Å²) in [6, 6.07) is 18.0. The Hall–Kier alpha value is -3.35. The molecular weight excluding hydrogens is 434 g/mol. The predicted octanol–water partition coefficient (Wildman–Crippen LogP) is 5.03. The lowest BCUT2D eigenvalue weighted by Gasteiger charge is -2.23. The van der Waals surface area contributed by atoms with Crippen molar-refractivity contribution in [1.82, 2.24) is 5.32 Å². The molecule has 0 radical (unpaired) electrons. The van der Waals surface area contributed by atoms with E-state index in [1.54, 1.807) is 0 Å². The SMILES string of the molecule is CC(C)[C@H](NC(=O)OCc1ccccc1)C(=O)OCCCC(C)(C)C(=O)OCc1ccccc1. The molecule has 0 bridgehead atoms. The molecule has 34 heavy (non-hydrogen) atoms. The van der Waals surface area contributed by atoms with Crippen molar-refractivity contribution in [2.24, 2.45) is 11.3 Å². The maximum absolute atomic E-state index is 12.5. The van der Waals surface area contributed by atoms with Crippen LogP contribution < -0.4 is 5.32 Å². The molecule has 0 saturated carbocycles. The van der Waals surface area contributed by atoms with E-state index in [0.29, 0.717) is 12.8 Å². The molecule has 0 unspecified atom stereocenters. The first-order valence-electron chi connectivity index (χ1n) is 11.5. The van der Waals surface area contributed by atoms with Crippen molar-refractivity contribution in [1.29, 1.82) is 0 Å². The number of esters is 2. The van der Waals surface area contributed by atoms with Gasteiger partial charge in [0.1, 0.15) is 19.3 Å². The standard InChI is InChI=1S/C27H35NO6/c1-20(2)23(28-26(31)34-19-22-14-9-6-10-15-22)24(29)32-17-11-16-27(3,4)25(30)33-18-21-12-7-5-8-13-21/h5-10,12-15,20,23H,11,16-19H2,1-4H3,(H,28,31)/t23-/m0/s1. The largest absolute Gasteiger partial charge is 0.464 e. The molecule has 2 rings (SSSR count). The average Bonchev–Trinajstić information content (AvgIpc) is 2.83. The summed E-state index contributed by atoms with van der Waals surface area (Å²) < 4.78 is 16.0. The van der Waals surface area contributed by atoms with E-state index in [4.69, 9.17) is 14.2 Å². The van der Waals surface area contributed by atoms with Crippen LogP contribution in [-0.4, -0.2) is 30.7 Å². The molecule has 0 aromatic heterocycles. The smallest absolute Gasteiger partial charge is 0.408 e. The highest BCUT2D eigenvalue weighted by atomic mass is 16.6. The molecule has 7 heteroatoms. The van der Waals surface area contributed by atoms with Crippen LogP contribution in [0.3, 0.4) is 0 Å². The first-order chi connectivity index (χ1) is 16.2. The Labute approximate surface area is 201 Å². The number of ether oxygens (including phenoxy) is 3. The van der Waals surface area contributed by atoms with Gasteiger partial charge in [-0.1, -0.05) is 74.5 Å². The lowest BCUT2D eigenvalue weighted by atomic mass is 9.88. The molecule has 2 aromatic rings. The molecule has 7 nitrogen and oxygen atoms in total. The monoisotopic (exact) mass is 469 g/mol. The highest BCUT2D eigenvalue weighted by Gasteiger charge is 2.30. The highest BCUT2D eigenvalue weighted by Crippen LogP contribution is 2.25. The lowest BCUT2D eigenvalue weighted by Crippen LogP contribution is -2.45. The maximum Gasteiger partial charge on any atom is 0.408 e. The zero-order valence-electron chi connectivity index (χ0n) is 20.4. The summed E-state index contributed by atoms with van der Waals surface area (Å²) >= 11 is 0. The molecule has 1 atom stereocenters. The van der Waals surface area contributed by atoms with Gasteiger partial charge >= 0.3 is 18.0 Å². The first kappa shape index (κ1) is 26.9. The second-order valence-electron chi connectivity index (χ2n) is 9.14. The number of hydrogen-bond acceptors (Lipinski definition) is 6. The van der Waals surface area contributed by atoms with Gasteiger partial charge in [-0.2, -0.15) is 0 Å². The van der Waals surface area contributed by atoms with E-state index < -0.39 is 23.5 Å². The second-order valence-corrected chi connectivity index (χ2v) is 9.14. The quantitative estimate of drug-likeness (QED) is 0.266. The fourth-order valence-electron chi connectivity index (χ4n) is 3.19. The van der Waals surface area contributed by atoms with Crippen molar-refractivity contribution in [3.63, 3.8) is 0 Å². The fraction of sp³-hybridized carbons (Fsp3) is 0.444. The van der Waals surface area contributed by atoms with Gasteiger partial charge in [-0.3, -0.25) is 4.79 Å². The van der Waals surface area contributed by atoms with Gasteiger partial charge in [0.15, 0.2) is 0 Å². The Morgan fingerprint density at radius 1 is 0.824 bits per heavy atom. The Bertz CT molecular complexity index is 911. The van der Waals surface area contributed by atoms with E-state index >= 15 is 0 Å². The first-order valence-corrected chi connectivity index (χ1v) is 11.5. The third-order valence-electron chi connectivity index (χ3n) is 5.36. The van der Waals surface area contributed by atoms with Crippen molar-refractivity contribution in [3.05, 3.63) is 71.8 Å². The molecular formula is C27H35NO6. The van der Waals surface area contributed by atoms with Crippen LogP contribution in [0.25, 0.3) is 0 Å². The van der Waals surface area contributed by atoms with Crippen LogP contribution in [0.15, 0.2) is 60.7 Å². The number of nitrogens with one attached hydrogen (secondary N) is 1. The van der Waals surface area contributed by atoms with Gasteiger partial charge in [-0.15, -0.1) is 0 Å². The molecule has 0 aliphatic heterocycles. The normalized spacial score (nSPS) is 12.0. The maximum atomic E-state index is 12.5. The Morgan fingerprint density at radius 3 is 1.88 bits per heavy atom. The van der Waals surface area contributed by atoms with E-state index in [9.17, 15) is 14.4 Å². The highest BCUT2D eigenvalue weighted by molar-refractivity contribution is 5.81. The molecule has 0 spiro atoms. The number of hydrogen-bond donors (Lipinski definition) is 1.